The molecule has 0 amide bonds. The molecule has 2 heterocycles. The average molecular weight is 527 g/mol. The fourth-order valence-corrected chi connectivity index (χ4v) is 5.14. The van der Waals surface area contributed by atoms with Crippen LogP contribution in [0.3, 0.4) is 0 Å². The second kappa shape index (κ2) is 12.1. The van der Waals surface area contributed by atoms with Crippen LogP contribution in [0.2, 0.25) is 0 Å². The first-order valence-electron chi connectivity index (χ1n) is 7.21. The van der Waals surface area contributed by atoms with Gasteiger partial charge in [0.2, 0.25) is 0 Å². The van der Waals surface area contributed by atoms with Crippen molar-refractivity contribution in [2.75, 3.05) is 12.3 Å². The molecule has 166 valence electrons. The smallest absolute Gasteiger partial charge is 0.756 e. The molecule has 17 nitrogen and oxygen atoms in total. The number of aromatic nitrogens is 2. The molecule has 0 spiro atoms. The third-order valence-corrected chi connectivity index (χ3v) is 7.01. The summed E-state index contributed by atoms with van der Waals surface area (Å²) in [5.74, 6) is -0.134. The van der Waals surface area contributed by atoms with Crippen molar-refractivity contribution in [3.63, 3.8) is 0 Å². The molecule has 1 saturated heterocycles. The molecule has 22 heteroatoms. The van der Waals surface area contributed by atoms with Gasteiger partial charge >= 0.3 is 72.6 Å². The van der Waals surface area contributed by atoms with E-state index in [2.05, 4.69) is 18.1 Å². The summed E-state index contributed by atoms with van der Waals surface area (Å²) >= 11 is 0. The predicted molar refractivity (Wildman–Crippen MR) is 84.2 cm³/mol. The van der Waals surface area contributed by atoms with Crippen LogP contribution < -0.4 is 80.3 Å². The van der Waals surface area contributed by atoms with E-state index in [4.69, 9.17) is 20.3 Å². The number of nitrogen functional groups attached to an aromatic ring is 1. The van der Waals surface area contributed by atoms with Gasteiger partial charge in [0.25, 0.3) is 15.6 Å². The van der Waals surface area contributed by atoms with E-state index < -0.39 is 60.3 Å². The van der Waals surface area contributed by atoms with Crippen LogP contribution in [0, 0.1) is 0 Å². The maximum Gasteiger partial charge on any atom is 1.00 e. The van der Waals surface area contributed by atoms with Crippen molar-refractivity contribution >= 4 is 29.3 Å². The summed E-state index contributed by atoms with van der Waals surface area (Å²) in [6.45, 7) is -1.10. The minimum Gasteiger partial charge on any atom is -0.756 e. The number of aliphatic hydroxyl groups excluding tert-OH is 2. The largest absolute Gasteiger partial charge is 1.00 e. The van der Waals surface area contributed by atoms with Gasteiger partial charge in [-0.25, -0.2) is 18.0 Å². The number of nitrogens with two attached hydrogens (primary N) is 1. The monoisotopic (exact) mass is 527 g/mol. The summed E-state index contributed by atoms with van der Waals surface area (Å²) in [6, 6.07) is 1.18. The van der Waals surface area contributed by atoms with Gasteiger partial charge in [-0.05, 0) is 6.07 Å². The van der Waals surface area contributed by atoms with E-state index in [0.29, 0.717) is 0 Å². The molecule has 1 aromatic heterocycles. The van der Waals surface area contributed by atoms with Crippen molar-refractivity contribution in [1.82, 2.24) is 9.55 Å². The Bertz CT molecular complexity index is 956. The van der Waals surface area contributed by atoms with E-state index in [-0.39, 0.29) is 64.9 Å². The van der Waals surface area contributed by atoms with Gasteiger partial charge in [0, 0.05) is 6.20 Å². The molecule has 7 unspecified atom stereocenters. The molecule has 0 aliphatic carbocycles. The van der Waals surface area contributed by atoms with Gasteiger partial charge in [-0.3, -0.25) is 13.7 Å². The second-order valence-corrected chi connectivity index (χ2v) is 9.77. The number of hydrogen-bond donors (Lipinski definition) is 5. The van der Waals surface area contributed by atoms with Crippen molar-refractivity contribution in [2.24, 2.45) is 0 Å². The van der Waals surface area contributed by atoms with Crippen LogP contribution in [-0.4, -0.2) is 54.5 Å². The Kier molecular flexibility index (Phi) is 12.5. The van der Waals surface area contributed by atoms with Crippen molar-refractivity contribution in [3.8, 4) is 0 Å². The van der Waals surface area contributed by atoms with Gasteiger partial charge in [0.1, 0.15) is 24.1 Å². The summed E-state index contributed by atoms with van der Waals surface area (Å²) in [5.41, 5.74) is 4.36. The summed E-state index contributed by atoms with van der Waals surface area (Å²) in [5, 5.41) is 19.9. The number of anilines is 1. The molecule has 0 radical (unpaired) electrons. The Morgan fingerprint density at radius 3 is 2.26 bits per heavy atom. The molecular formula is C9H14N3Na2O14P3. The SMILES string of the molecule is Nc1ccn(C2OC(COP(=O)([O-])OP(=O)(O)OP(=O)([O-])O)C(O)C2O)c(=O)n1.[Na+].[Na+]. The standard InChI is InChI=1S/C9H16N3O14P3.2Na/c10-5-1-2-12(9(15)11-5)8-7(14)6(13)4(24-8)3-23-28(19,20)26-29(21,22)25-27(16,17)18;;/h1-2,4,6-8,13-14H,3H2,(H,19,20)(H,21,22)(H2,10,11,15)(H2,16,17,18);;/q;2*+1/p-2. The minimum absolute atomic E-state index is 0. The Labute approximate surface area is 217 Å². The first-order chi connectivity index (χ1) is 13.1. The fourth-order valence-electron chi connectivity index (χ4n) is 2.18. The molecule has 7 atom stereocenters. The number of rotatable bonds is 8. The molecule has 1 aliphatic rings. The average Bonchev–Trinajstić information content (AvgIpc) is 2.78. The number of phosphoric ester groups is 1. The van der Waals surface area contributed by atoms with Crippen LogP contribution in [0.15, 0.2) is 17.1 Å². The van der Waals surface area contributed by atoms with E-state index in [9.17, 15) is 38.5 Å². The molecular weight excluding hydrogens is 513 g/mol. The van der Waals surface area contributed by atoms with Crippen LogP contribution in [0.25, 0.3) is 0 Å². The summed E-state index contributed by atoms with van der Waals surface area (Å²) in [4.78, 5) is 54.4. The van der Waals surface area contributed by atoms with E-state index >= 15 is 0 Å². The van der Waals surface area contributed by atoms with Gasteiger partial charge < -0.3 is 44.8 Å². The number of hydrogen-bond acceptors (Lipinski definition) is 14. The zero-order valence-corrected chi connectivity index (χ0v) is 22.5. The Morgan fingerprint density at radius 2 is 1.74 bits per heavy atom. The minimum atomic E-state index is -5.84. The Balaban J connectivity index is 0.00000450. The van der Waals surface area contributed by atoms with E-state index in [1.165, 1.54) is 6.07 Å². The summed E-state index contributed by atoms with van der Waals surface area (Å²) < 4.78 is 49.9. The van der Waals surface area contributed by atoms with Crippen LogP contribution in [-0.2, 0) is 31.6 Å². The zero-order valence-electron chi connectivity index (χ0n) is 15.9. The van der Waals surface area contributed by atoms with Crippen molar-refractivity contribution in [3.05, 3.63) is 22.7 Å². The van der Waals surface area contributed by atoms with Gasteiger partial charge in [0.05, 0.1) is 6.61 Å². The third-order valence-electron chi connectivity index (χ3n) is 3.27. The number of aliphatic hydroxyl groups is 2. The predicted octanol–water partition coefficient (Wildman–Crippen LogP) is -9.47. The molecule has 0 bridgehead atoms. The van der Waals surface area contributed by atoms with Crippen LogP contribution in [0.1, 0.15) is 6.23 Å². The molecule has 1 fully saturated rings. The molecule has 0 saturated carbocycles. The first kappa shape index (κ1) is 32.0. The van der Waals surface area contributed by atoms with Gasteiger partial charge in [-0.2, -0.15) is 4.98 Å². The molecule has 1 aliphatic heterocycles. The zero-order chi connectivity index (χ0) is 22.2. The third kappa shape index (κ3) is 9.62. The maximum absolute atomic E-state index is 11.8. The second-order valence-electron chi connectivity index (χ2n) is 5.43. The van der Waals surface area contributed by atoms with Gasteiger partial charge in [0.15, 0.2) is 6.23 Å². The van der Waals surface area contributed by atoms with Crippen LogP contribution in [0.4, 0.5) is 5.82 Å². The van der Waals surface area contributed by atoms with Crippen molar-refractivity contribution in [2.45, 2.75) is 24.5 Å². The molecule has 0 aromatic carbocycles. The fraction of sp³-hybridized carbons (Fsp3) is 0.556. The van der Waals surface area contributed by atoms with Crippen molar-refractivity contribution < 1.29 is 120 Å². The van der Waals surface area contributed by atoms with Gasteiger partial charge in [-0.15, -0.1) is 0 Å². The van der Waals surface area contributed by atoms with E-state index in [0.717, 1.165) is 10.8 Å². The number of nitrogens with zero attached hydrogens (tertiary/aromatic N) is 2. The molecule has 31 heavy (non-hydrogen) atoms. The summed E-state index contributed by atoms with van der Waals surface area (Å²) in [7, 11) is -17.4. The molecule has 6 N–H and O–H groups in total. The Morgan fingerprint density at radius 1 is 1.16 bits per heavy atom. The first-order valence-corrected chi connectivity index (χ1v) is 11.7. The van der Waals surface area contributed by atoms with E-state index in [1.807, 2.05) is 0 Å². The van der Waals surface area contributed by atoms with Crippen LogP contribution in [0.5, 0.6) is 0 Å². The van der Waals surface area contributed by atoms with Gasteiger partial charge in [-0.1, -0.05) is 0 Å². The topological polar surface area (TPSA) is 276 Å². The van der Waals surface area contributed by atoms with Crippen LogP contribution >= 0.6 is 23.5 Å². The molecule has 2 rings (SSSR count). The quantitative estimate of drug-likeness (QED) is 0.155. The number of phosphoric acid groups is 3. The Hall–Kier alpha value is 0.970. The normalized spacial score (nSPS) is 29.0. The molecule has 1 aromatic rings. The summed E-state index contributed by atoms with van der Waals surface area (Å²) in [6.07, 6.45) is -5.55. The van der Waals surface area contributed by atoms with Crippen molar-refractivity contribution in [1.29, 1.82) is 0 Å². The number of ether oxygens (including phenoxy) is 1. The van der Waals surface area contributed by atoms with E-state index in [1.54, 1.807) is 0 Å². The maximum atomic E-state index is 11.8.